The Morgan fingerprint density at radius 1 is 0.947 bits per heavy atom. The maximum absolute atomic E-state index is 5.68. The predicted octanol–water partition coefficient (Wildman–Crippen LogP) is 3.55. The fourth-order valence-electron chi connectivity index (χ4n) is 1.66. The van der Waals surface area contributed by atoms with Crippen LogP contribution in [0.2, 0.25) is 0 Å². The first-order valence-electron chi connectivity index (χ1n) is 6.06. The molecule has 0 saturated heterocycles. The second kappa shape index (κ2) is 6.95. The van der Waals surface area contributed by atoms with E-state index in [9.17, 15) is 0 Å². The van der Waals surface area contributed by atoms with E-state index in [0.29, 0.717) is 6.61 Å². The van der Waals surface area contributed by atoms with Gasteiger partial charge in [-0.25, -0.2) is 0 Å². The predicted molar refractivity (Wildman–Crippen MR) is 80.6 cm³/mol. The van der Waals surface area contributed by atoms with Gasteiger partial charge >= 0.3 is 0 Å². The van der Waals surface area contributed by atoms with Crippen molar-refractivity contribution in [3.63, 3.8) is 0 Å². The topological polar surface area (TPSA) is 44.5 Å². The smallest absolute Gasteiger partial charge is 0.137 e. The molecule has 0 aliphatic carbocycles. The van der Waals surface area contributed by atoms with Gasteiger partial charge in [0.25, 0.3) is 0 Å². The summed E-state index contributed by atoms with van der Waals surface area (Å²) in [5.74, 6) is 1.68. The average molecular weight is 275 g/mol. The third kappa shape index (κ3) is 4.41. The highest BCUT2D eigenvalue weighted by Gasteiger charge is 1.97. The molecule has 3 nitrogen and oxygen atoms in total. The molecule has 0 fully saturated rings. The highest BCUT2D eigenvalue weighted by Crippen LogP contribution is 2.20. The average Bonchev–Trinajstić information content (AvgIpc) is 2.43. The van der Waals surface area contributed by atoms with E-state index in [1.807, 2.05) is 54.8 Å². The summed E-state index contributed by atoms with van der Waals surface area (Å²) in [7, 11) is 0. The van der Waals surface area contributed by atoms with Gasteiger partial charge in [0.05, 0.1) is 18.6 Å². The summed E-state index contributed by atoms with van der Waals surface area (Å²) < 4.78 is 11.0. The lowest BCUT2D eigenvalue weighted by atomic mass is 10.1. The van der Waals surface area contributed by atoms with Gasteiger partial charge in [-0.15, -0.1) is 0 Å². The first-order valence-corrected chi connectivity index (χ1v) is 7.21. The van der Waals surface area contributed by atoms with Crippen molar-refractivity contribution in [1.29, 1.82) is 0 Å². The van der Waals surface area contributed by atoms with E-state index in [1.165, 1.54) is 17.6 Å². The minimum atomic E-state index is 0.645. The number of hydrogen-bond donors (Lipinski definition) is 1. The van der Waals surface area contributed by atoms with Crippen LogP contribution in [-0.2, 0) is 6.42 Å². The van der Waals surface area contributed by atoms with Crippen molar-refractivity contribution >= 4 is 17.7 Å². The SMILES string of the molecule is CSOc1ccc(OCCc2ccc(N)cc2)cc1. The van der Waals surface area contributed by atoms with E-state index >= 15 is 0 Å². The Hall–Kier alpha value is -1.81. The van der Waals surface area contributed by atoms with Crippen LogP contribution in [0.5, 0.6) is 11.5 Å². The largest absolute Gasteiger partial charge is 0.493 e. The lowest BCUT2D eigenvalue weighted by Gasteiger charge is -2.07. The van der Waals surface area contributed by atoms with Crippen molar-refractivity contribution in [2.75, 3.05) is 18.6 Å². The number of nitrogen functional groups attached to an aromatic ring is 1. The molecule has 19 heavy (non-hydrogen) atoms. The molecular formula is C15H17NO2S. The highest BCUT2D eigenvalue weighted by molar-refractivity contribution is 7.94. The lowest BCUT2D eigenvalue weighted by molar-refractivity contribution is 0.321. The van der Waals surface area contributed by atoms with Crippen molar-refractivity contribution in [1.82, 2.24) is 0 Å². The van der Waals surface area contributed by atoms with Crippen molar-refractivity contribution < 1.29 is 8.92 Å². The summed E-state index contributed by atoms with van der Waals surface area (Å²) in [5, 5.41) is 0. The molecule has 4 heteroatoms. The summed E-state index contributed by atoms with van der Waals surface area (Å²) in [4.78, 5) is 0. The van der Waals surface area contributed by atoms with Gasteiger partial charge in [-0.3, -0.25) is 0 Å². The number of nitrogens with two attached hydrogens (primary N) is 1. The van der Waals surface area contributed by atoms with Crippen LogP contribution in [-0.4, -0.2) is 12.9 Å². The van der Waals surface area contributed by atoms with Gasteiger partial charge in [-0.1, -0.05) is 12.1 Å². The van der Waals surface area contributed by atoms with Gasteiger partial charge in [0.15, 0.2) is 0 Å². The van der Waals surface area contributed by atoms with Crippen LogP contribution in [0, 0.1) is 0 Å². The van der Waals surface area contributed by atoms with Crippen LogP contribution < -0.4 is 14.7 Å². The molecule has 0 saturated carbocycles. The molecule has 2 rings (SSSR count). The molecule has 0 aliphatic rings. The lowest BCUT2D eigenvalue weighted by Crippen LogP contribution is -2.01. The fraction of sp³-hybridized carbons (Fsp3) is 0.200. The zero-order valence-corrected chi connectivity index (χ0v) is 11.7. The molecule has 0 radical (unpaired) electrons. The Balaban J connectivity index is 1.80. The zero-order valence-electron chi connectivity index (χ0n) is 10.8. The molecule has 0 atom stereocenters. The van der Waals surface area contributed by atoms with Crippen LogP contribution in [0.25, 0.3) is 0 Å². The van der Waals surface area contributed by atoms with Crippen molar-refractivity contribution in [3.8, 4) is 11.5 Å². The van der Waals surface area contributed by atoms with Crippen LogP contribution >= 0.6 is 12.0 Å². The Kier molecular flexibility index (Phi) is 4.98. The molecule has 0 spiro atoms. The van der Waals surface area contributed by atoms with Gasteiger partial charge in [0.2, 0.25) is 0 Å². The van der Waals surface area contributed by atoms with Crippen molar-refractivity contribution in [3.05, 3.63) is 54.1 Å². The van der Waals surface area contributed by atoms with E-state index in [0.717, 1.165) is 23.6 Å². The number of rotatable bonds is 6. The first kappa shape index (κ1) is 13.6. The normalized spacial score (nSPS) is 10.2. The monoisotopic (exact) mass is 275 g/mol. The minimum Gasteiger partial charge on any atom is -0.493 e. The molecule has 0 heterocycles. The van der Waals surface area contributed by atoms with E-state index in [4.69, 9.17) is 14.7 Å². The van der Waals surface area contributed by atoms with Crippen molar-refractivity contribution in [2.45, 2.75) is 6.42 Å². The molecule has 0 amide bonds. The Bertz CT molecular complexity index is 497. The molecule has 0 unspecified atom stereocenters. The van der Waals surface area contributed by atoms with Crippen LogP contribution in [0.3, 0.4) is 0 Å². The molecule has 0 aliphatic heterocycles. The number of anilines is 1. The standard InChI is InChI=1S/C15H17NO2S/c1-19-18-15-8-6-14(7-9-15)17-11-10-12-2-4-13(16)5-3-12/h2-9H,10-11,16H2,1H3. The highest BCUT2D eigenvalue weighted by atomic mass is 32.2. The first-order chi connectivity index (χ1) is 9.28. The van der Waals surface area contributed by atoms with Gasteiger partial charge in [-0.2, -0.15) is 0 Å². The number of benzene rings is 2. The summed E-state index contributed by atoms with van der Waals surface area (Å²) in [6.07, 6.45) is 2.75. The number of ether oxygens (including phenoxy) is 1. The summed E-state index contributed by atoms with van der Waals surface area (Å²) >= 11 is 1.33. The third-order valence-corrected chi connectivity index (χ3v) is 3.00. The van der Waals surface area contributed by atoms with Crippen molar-refractivity contribution in [2.24, 2.45) is 0 Å². The minimum absolute atomic E-state index is 0.645. The number of hydrogen-bond acceptors (Lipinski definition) is 4. The third-order valence-electron chi connectivity index (χ3n) is 2.64. The second-order valence-corrected chi connectivity index (χ2v) is 4.56. The molecule has 0 bridgehead atoms. The molecular weight excluding hydrogens is 258 g/mol. The van der Waals surface area contributed by atoms with Crippen LogP contribution in [0.15, 0.2) is 48.5 Å². The van der Waals surface area contributed by atoms with Gasteiger partial charge in [-0.05, 0) is 42.0 Å². The summed E-state index contributed by atoms with van der Waals surface area (Å²) in [6, 6.07) is 15.5. The van der Waals surface area contributed by atoms with E-state index in [2.05, 4.69) is 0 Å². The quantitative estimate of drug-likeness (QED) is 0.647. The zero-order chi connectivity index (χ0) is 13.5. The fourth-order valence-corrected chi connectivity index (χ4v) is 1.96. The Morgan fingerprint density at radius 3 is 2.21 bits per heavy atom. The van der Waals surface area contributed by atoms with E-state index < -0.39 is 0 Å². The summed E-state index contributed by atoms with van der Waals surface area (Å²) in [5.41, 5.74) is 7.65. The molecule has 2 N–H and O–H groups in total. The maximum atomic E-state index is 5.68. The van der Waals surface area contributed by atoms with E-state index in [1.54, 1.807) is 0 Å². The molecule has 0 aromatic heterocycles. The molecule has 2 aromatic rings. The second-order valence-electron chi connectivity index (χ2n) is 4.06. The van der Waals surface area contributed by atoms with Gasteiger partial charge in [0, 0.05) is 18.4 Å². The van der Waals surface area contributed by atoms with Gasteiger partial charge < -0.3 is 14.7 Å². The van der Waals surface area contributed by atoms with Crippen LogP contribution in [0.1, 0.15) is 5.56 Å². The van der Waals surface area contributed by atoms with Crippen LogP contribution in [0.4, 0.5) is 5.69 Å². The molecule has 100 valence electrons. The maximum Gasteiger partial charge on any atom is 0.137 e. The van der Waals surface area contributed by atoms with E-state index in [-0.39, 0.29) is 0 Å². The van der Waals surface area contributed by atoms with Gasteiger partial charge in [0.1, 0.15) is 11.5 Å². The Labute approximate surface area is 117 Å². The Morgan fingerprint density at radius 2 is 1.58 bits per heavy atom. The molecule has 2 aromatic carbocycles. The summed E-state index contributed by atoms with van der Waals surface area (Å²) in [6.45, 7) is 0.645.